The highest BCUT2D eigenvalue weighted by Crippen LogP contribution is 2.42. The highest BCUT2D eigenvalue weighted by Gasteiger charge is 2.36. The molecular weight excluding hydrogens is 470 g/mol. The number of thioether (sulfide) groups is 1. The van der Waals surface area contributed by atoms with Gasteiger partial charge in [0.25, 0.3) is 5.91 Å². The fourth-order valence-corrected chi connectivity index (χ4v) is 4.48. The van der Waals surface area contributed by atoms with E-state index in [0.717, 1.165) is 11.8 Å². The summed E-state index contributed by atoms with van der Waals surface area (Å²) in [6.07, 6.45) is 1.59. The predicted octanol–water partition coefficient (Wildman–Crippen LogP) is 5.43. The molecule has 1 saturated heterocycles. The third-order valence-corrected chi connectivity index (χ3v) is 6.10. The molecule has 9 nitrogen and oxygen atoms in total. The highest BCUT2D eigenvalue weighted by atomic mass is 32.2. The van der Waals surface area contributed by atoms with Crippen LogP contribution in [0.4, 0.5) is 17.1 Å². The maximum absolute atomic E-state index is 13.6. The van der Waals surface area contributed by atoms with Gasteiger partial charge in [0, 0.05) is 6.07 Å². The standard InChI is InChI=1S/C25H21N3O6S/c1-32-20-10-6-4-8-17(20)26-25-27(18-9-5-7-11-21(18)33-2)24(29)23(35-25)15-16-12-13-22(34-3)19(14-16)28(30)31/h4-15H,1-3H3. The van der Waals surface area contributed by atoms with Crippen LogP contribution < -0.4 is 19.1 Å². The van der Waals surface area contributed by atoms with Crippen molar-refractivity contribution in [3.63, 3.8) is 0 Å². The van der Waals surface area contributed by atoms with Crippen LogP contribution in [0, 0.1) is 10.1 Å². The van der Waals surface area contributed by atoms with Crippen LogP contribution >= 0.6 is 11.8 Å². The highest BCUT2D eigenvalue weighted by molar-refractivity contribution is 8.19. The SMILES string of the molecule is COc1ccccc1N=C1SC(=Cc2ccc(OC)c([N+](=O)[O-])c2)C(=O)N1c1ccccc1OC. The molecule has 1 heterocycles. The molecule has 0 aromatic heterocycles. The van der Waals surface area contributed by atoms with E-state index in [1.165, 1.54) is 31.3 Å². The van der Waals surface area contributed by atoms with Gasteiger partial charge in [-0.25, -0.2) is 4.99 Å². The Balaban J connectivity index is 1.83. The summed E-state index contributed by atoms with van der Waals surface area (Å²) in [6.45, 7) is 0. The molecule has 178 valence electrons. The van der Waals surface area contributed by atoms with Crippen molar-refractivity contribution in [2.75, 3.05) is 26.2 Å². The quantitative estimate of drug-likeness (QED) is 0.247. The zero-order valence-corrected chi connectivity index (χ0v) is 19.9. The molecule has 0 saturated carbocycles. The summed E-state index contributed by atoms with van der Waals surface area (Å²) >= 11 is 1.15. The van der Waals surface area contributed by atoms with Gasteiger partial charge in [0.15, 0.2) is 10.9 Å². The number of rotatable bonds is 7. The number of carbonyl (C=O) groups excluding carboxylic acids is 1. The number of amidine groups is 1. The Morgan fingerprint density at radius 3 is 2.26 bits per heavy atom. The predicted molar refractivity (Wildman–Crippen MR) is 136 cm³/mol. The van der Waals surface area contributed by atoms with Gasteiger partial charge in [0.1, 0.15) is 17.2 Å². The first kappa shape index (κ1) is 23.8. The second-order valence-corrected chi connectivity index (χ2v) is 8.19. The van der Waals surface area contributed by atoms with Crippen molar-refractivity contribution in [3.05, 3.63) is 87.3 Å². The van der Waals surface area contributed by atoms with Gasteiger partial charge in [-0.3, -0.25) is 19.8 Å². The Bertz CT molecular complexity index is 1350. The normalized spacial score (nSPS) is 15.5. The molecule has 1 fully saturated rings. The van der Waals surface area contributed by atoms with Gasteiger partial charge >= 0.3 is 5.69 Å². The Morgan fingerprint density at radius 2 is 1.57 bits per heavy atom. The summed E-state index contributed by atoms with van der Waals surface area (Å²) in [5.41, 5.74) is 1.35. The number of benzene rings is 3. The van der Waals surface area contributed by atoms with E-state index in [-0.39, 0.29) is 17.3 Å². The fourth-order valence-electron chi connectivity index (χ4n) is 3.49. The van der Waals surface area contributed by atoms with E-state index in [9.17, 15) is 14.9 Å². The number of methoxy groups -OCH3 is 3. The average molecular weight is 492 g/mol. The smallest absolute Gasteiger partial charge is 0.311 e. The van der Waals surface area contributed by atoms with Gasteiger partial charge in [-0.15, -0.1) is 0 Å². The topological polar surface area (TPSA) is 104 Å². The van der Waals surface area contributed by atoms with Gasteiger partial charge in [-0.2, -0.15) is 0 Å². The second-order valence-electron chi connectivity index (χ2n) is 7.18. The number of hydrogen-bond donors (Lipinski definition) is 0. The first-order valence-electron chi connectivity index (χ1n) is 10.4. The second kappa shape index (κ2) is 10.3. The van der Waals surface area contributed by atoms with Crippen LogP contribution in [-0.4, -0.2) is 37.3 Å². The maximum atomic E-state index is 13.6. The Labute approximate surface area is 205 Å². The van der Waals surface area contributed by atoms with Gasteiger partial charge in [0.2, 0.25) is 0 Å². The Kier molecular flexibility index (Phi) is 7.02. The van der Waals surface area contributed by atoms with Crippen LogP contribution in [0.15, 0.2) is 76.6 Å². The van der Waals surface area contributed by atoms with E-state index in [4.69, 9.17) is 19.2 Å². The summed E-state index contributed by atoms with van der Waals surface area (Å²) in [7, 11) is 4.44. The first-order chi connectivity index (χ1) is 17.0. The lowest BCUT2D eigenvalue weighted by atomic mass is 10.1. The van der Waals surface area contributed by atoms with Crippen molar-refractivity contribution in [1.29, 1.82) is 0 Å². The molecule has 3 aromatic rings. The first-order valence-corrected chi connectivity index (χ1v) is 11.2. The van der Waals surface area contributed by atoms with E-state index in [0.29, 0.717) is 38.5 Å². The van der Waals surface area contributed by atoms with E-state index in [1.54, 1.807) is 55.7 Å². The minimum absolute atomic E-state index is 0.136. The summed E-state index contributed by atoms with van der Waals surface area (Å²) in [4.78, 5) is 31.0. The molecule has 4 rings (SSSR count). The lowest BCUT2D eigenvalue weighted by Gasteiger charge is -2.18. The molecule has 1 amide bonds. The van der Waals surface area contributed by atoms with Crippen LogP contribution in [-0.2, 0) is 4.79 Å². The van der Waals surface area contributed by atoms with E-state index < -0.39 is 4.92 Å². The van der Waals surface area contributed by atoms with Crippen molar-refractivity contribution < 1.29 is 23.9 Å². The molecule has 0 N–H and O–H groups in total. The van der Waals surface area contributed by atoms with Gasteiger partial charge < -0.3 is 14.2 Å². The van der Waals surface area contributed by atoms with E-state index >= 15 is 0 Å². The van der Waals surface area contributed by atoms with Crippen LogP contribution in [0.3, 0.4) is 0 Å². The number of carbonyl (C=O) groups is 1. The molecule has 3 aromatic carbocycles. The largest absolute Gasteiger partial charge is 0.495 e. The third kappa shape index (κ3) is 4.82. The molecule has 0 aliphatic carbocycles. The van der Waals surface area contributed by atoms with Gasteiger partial charge in [-0.05, 0) is 53.7 Å². The summed E-state index contributed by atoms with van der Waals surface area (Å²) in [5, 5.41) is 11.8. The van der Waals surface area contributed by atoms with Crippen molar-refractivity contribution in [1.82, 2.24) is 0 Å². The number of amides is 1. The number of aliphatic imine (C=N–C) groups is 1. The average Bonchev–Trinajstić information content (AvgIpc) is 3.18. The summed E-state index contributed by atoms with van der Waals surface area (Å²) in [6, 6.07) is 18.8. The molecule has 10 heteroatoms. The Morgan fingerprint density at radius 1 is 0.914 bits per heavy atom. The lowest BCUT2D eigenvalue weighted by Crippen LogP contribution is -2.29. The van der Waals surface area contributed by atoms with Crippen molar-refractivity contribution in [2.45, 2.75) is 0 Å². The molecule has 0 spiro atoms. The minimum atomic E-state index is -0.528. The number of para-hydroxylation sites is 4. The van der Waals surface area contributed by atoms with Crippen LogP contribution in [0.5, 0.6) is 17.2 Å². The number of nitro groups is 1. The number of hydrogen-bond acceptors (Lipinski definition) is 8. The molecule has 0 radical (unpaired) electrons. The van der Waals surface area contributed by atoms with Crippen LogP contribution in [0.25, 0.3) is 6.08 Å². The summed E-state index contributed by atoms with van der Waals surface area (Å²) in [5.74, 6) is 0.843. The molecule has 0 bridgehead atoms. The maximum Gasteiger partial charge on any atom is 0.311 e. The van der Waals surface area contributed by atoms with E-state index in [2.05, 4.69) is 0 Å². The van der Waals surface area contributed by atoms with Crippen molar-refractivity contribution >= 4 is 46.0 Å². The van der Waals surface area contributed by atoms with Gasteiger partial charge in [0.05, 0.1) is 36.8 Å². The zero-order chi connectivity index (χ0) is 24.9. The summed E-state index contributed by atoms with van der Waals surface area (Å²) < 4.78 is 16.0. The fraction of sp³-hybridized carbons (Fsp3) is 0.120. The lowest BCUT2D eigenvalue weighted by molar-refractivity contribution is -0.385. The molecule has 35 heavy (non-hydrogen) atoms. The van der Waals surface area contributed by atoms with Crippen molar-refractivity contribution in [3.8, 4) is 17.2 Å². The minimum Gasteiger partial charge on any atom is -0.495 e. The van der Waals surface area contributed by atoms with Crippen molar-refractivity contribution in [2.24, 2.45) is 4.99 Å². The van der Waals surface area contributed by atoms with E-state index in [1.807, 2.05) is 12.1 Å². The van der Waals surface area contributed by atoms with Gasteiger partial charge in [-0.1, -0.05) is 30.3 Å². The zero-order valence-electron chi connectivity index (χ0n) is 19.1. The molecule has 0 atom stereocenters. The van der Waals surface area contributed by atoms with Crippen LogP contribution in [0.2, 0.25) is 0 Å². The number of ether oxygens (including phenoxy) is 3. The molecule has 1 aliphatic rings. The molecular formula is C25H21N3O6S. The van der Waals surface area contributed by atoms with Crippen LogP contribution in [0.1, 0.15) is 5.56 Å². The number of anilines is 1. The third-order valence-electron chi connectivity index (χ3n) is 5.13. The molecule has 1 aliphatic heterocycles. The molecule has 0 unspecified atom stereocenters. The monoisotopic (exact) mass is 491 g/mol. The Hall–Kier alpha value is -4.31. The number of nitro benzene ring substituents is 1. The number of nitrogens with zero attached hydrogens (tertiary/aromatic N) is 3.